The predicted octanol–water partition coefficient (Wildman–Crippen LogP) is 3.85. The molecule has 0 spiro atoms. The molecule has 5 rings (SSSR count). The molecule has 0 radical (unpaired) electrons. The van der Waals surface area contributed by atoms with Gasteiger partial charge in [0, 0.05) is 24.5 Å². The summed E-state index contributed by atoms with van der Waals surface area (Å²) < 4.78 is 15.4. The normalized spacial score (nSPS) is 13.1. The quantitative estimate of drug-likeness (QED) is 0.552. The first kappa shape index (κ1) is 19.1. The van der Waals surface area contributed by atoms with E-state index in [1.165, 1.54) is 12.1 Å². The predicted molar refractivity (Wildman–Crippen MR) is 116 cm³/mol. The molecule has 2 aromatic heterocycles. The van der Waals surface area contributed by atoms with Gasteiger partial charge in [-0.25, -0.2) is 19.5 Å². The van der Waals surface area contributed by atoms with Crippen molar-refractivity contribution in [1.29, 1.82) is 0 Å². The second kappa shape index (κ2) is 8.12. The third-order valence-electron chi connectivity index (χ3n) is 5.27. The SMILES string of the molecule is O=C(Cc1ccccc1)N1NCCn2nc(-c3ccc(F)cc3)c(-c3ccncc3)c21. The monoisotopic (exact) mass is 413 g/mol. The Hall–Kier alpha value is -3.84. The van der Waals surface area contributed by atoms with Crippen molar-refractivity contribution in [2.24, 2.45) is 0 Å². The molecule has 0 unspecified atom stereocenters. The zero-order valence-corrected chi connectivity index (χ0v) is 16.7. The lowest BCUT2D eigenvalue weighted by Gasteiger charge is -2.29. The van der Waals surface area contributed by atoms with E-state index in [-0.39, 0.29) is 18.1 Å². The molecular formula is C24H20FN5O. The fraction of sp³-hybridized carbons (Fsp3) is 0.125. The number of benzene rings is 2. The van der Waals surface area contributed by atoms with E-state index in [4.69, 9.17) is 5.10 Å². The Bertz CT molecular complexity index is 1210. The Balaban J connectivity index is 1.63. The minimum Gasteiger partial charge on any atom is -0.273 e. The van der Waals surface area contributed by atoms with Crippen LogP contribution >= 0.6 is 0 Å². The van der Waals surface area contributed by atoms with Crippen LogP contribution in [-0.2, 0) is 17.8 Å². The molecule has 1 amide bonds. The van der Waals surface area contributed by atoms with Crippen LogP contribution in [0.1, 0.15) is 5.56 Å². The van der Waals surface area contributed by atoms with Gasteiger partial charge in [0.2, 0.25) is 5.91 Å². The summed E-state index contributed by atoms with van der Waals surface area (Å²) in [6, 6.07) is 19.7. The van der Waals surface area contributed by atoms with Crippen LogP contribution < -0.4 is 10.4 Å². The molecule has 31 heavy (non-hydrogen) atoms. The van der Waals surface area contributed by atoms with E-state index in [2.05, 4.69) is 10.4 Å². The van der Waals surface area contributed by atoms with Gasteiger partial charge in [-0.1, -0.05) is 30.3 Å². The van der Waals surface area contributed by atoms with Crippen molar-refractivity contribution in [2.75, 3.05) is 11.6 Å². The number of hydrogen-bond acceptors (Lipinski definition) is 4. The summed E-state index contributed by atoms with van der Waals surface area (Å²) in [5, 5.41) is 6.40. The number of halogens is 1. The highest BCUT2D eigenvalue weighted by Crippen LogP contribution is 2.40. The van der Waals surface area contributed by atoms with Crippen LogP contribution in [-0.4, -0.2) is 27.2 Å². The number of hydrazine groups is 1. The Morgan fingerprint density at radius 2 is 1.71 bits per heavy atom. The number of carbonyl (C=O) groups is 1. The molecule has 6 nitrogen and oxygen atoms in total. The van der Waals surface area contributed by atoms with Gasteiger partial charge in [0.1, 0.15) is 11.5 Å². The fourth-order valence-corrected chi connectivity index (χ4v) is 3.83. The standard InChI is InChI=1S/C24H20FN5O/c25-20-8-6-19(7-9-20)23-22(18-10-12-26-13-11-18)24-29(28-23)15-14-27-30(24)21(31)16-17-4-2-1-3-5-17/h1-13,27H,14-16H2. The zero-order chi connectivity index (χ0) is 21.2. The molecule has 0 fully saturated rings. The first-order valence-electron chi connectivity index (χ1n) is 10.1. The van der Waals surface area contributed by atoms with Gasteiger partial charge < -0.3 is 0 Å². The fourth-order valence-electron chi connectivity index (χ4n) is 3.83. The second-order valence-electron chi connectivity index (χ2n) is 7.31. The molecule has 154 valence electrons. The van der Waals surface area contributed by atoms with Crippen molar-refractivity contribution in [2.45, 2.75) is 13.0 Å². The summed E-state index contributed by atoms with van der Waals surface area (Å²) in [6.45, 7) is 1.19. The van der Waals surface area contributed by atoms with Crippen molar-refractivity contribution in [3.63, 3.8) is 0 Å². The zero-order valence-electron chi connectivity index (χ0n) is 16.7. The summed E-state index contributed by atoms with van der Waals surface area (Å²) in [7, 11) is 0. The largest absolute Gasteiger partial charge is 0.273 e. The van der Waals surface area contributed by atoms with Crippen molar-refractivity contribution < 1.29 is 9.18 Å². The molecule has 4 aromatic rings. The van der Waals surface area contributed by atoms with Gasteiger partial charge >= 0.3 is 0 Å². The van der Waals surface area contributed by atoms with E-state index in [1.54, 1.807) is 29.5 Å². The summed E-state index contributed by atoms with van der Waals surface area (Å²) in [5.41, 5.74) is 7.34. The second-order valence-corrected chi connectivity index (χ2v) is 7.31. The van der Waals surface area contributed by atoms with Crippen LogP contribution in [0.25, 0.3) is 22.4 Å². The number of nitrogens with one attached hydrogen (secondary N) is 1. The van der Waals surface area contributed by atoms with E-state index in [9.17, 15) is 9.18 Å². The van der Waals surface area contributed by atoms with Crippen LogP contribution in [0.4, 0.5) is 10.2 Å². The van der Waals surface area contributed by atoms with Gasteiger partial charge in [0.15, 0.2) is 5.82 Å². The smallest absolute Gasteiger partial charge is 0.247 e. The molecule has 2 aromatic carbocycles. The topological polar surface area (TPSA) is 63.1 Å². The summed E-state index contributed by atoms with van der Waals surface area (Å²) in [4.78, 5) is 17.4. The van der Waals surface area contributed by atoms with Crippen LogP contribution in [0.5, 0.6) is 0 Å². The lowest BCUT2D eigenvalue weighted by Crippen LogP contribution is -2.50. The average Bonchev–Trinajstić information content (AvgIpc) is 3.20. The number of nitrogens with zero attached hydrogens (tertiary/aromatic N) is 4. The summed E-state index contributed by atoms with van der Waals surface area (Å²) in [6.07, 6.45) is 3.68. The molecular weight excluding hydrogens is 393 g/mol. The lowest BCUT2D eigenvalue weighted by atomic mass is 10.0. The van der Waals surface area contributed by atoms with E-state index in [0.717, 1.165) is 22.3 Å². The van der Waals surface area contributed by atoms with Gasteiger partial charge in [0.25, 0.3) is 0 Å². The third-order valence-corrected chi connectivity index (χ3v) is 5.27. The van der Waals surface area contributed by atoms with Gasteiger partial charge in [-0.15, -0.1) is 0 Å². The van der Waals surface area contributed by atoms with Gasteiger partial charge in [-0.05, 0) is 47.5 Å². The molecule has 0 bridgehead atoms. The van der Waals surface area contributed by atoms with Crippen LogP contribution in [0.15, 0.2) is 79.1 Å². The van der Waals surface area contributed by atoms with Crippen molar-refractivity contribution in [3.8, 4) is 22.4 Å². The third kappa shape index (κ3) is 3.71. The average molecular weight is 413 g/mol. The highest BCUT2D eigenvalue weighted by Gasteiger charge is 2.31. The first-order chi connectivity index (χ1) is 15.2. The van der Waals surface area contributed by atoms with Crippen molar-refractivity contribution in [3.05, 3.63) is 90.5 Å². The molecule has 0 saturated carbocycles. The highest BCUT2D eigenvalue weighted by atomic mass is 19.1. The number of rotatable bonds is 4. The number of anilines is 1. The maximum Gasteiger partial charge on any atom is 0.247 e. The minimum absolute atomic E-state index is 0.0759. The van der Waals surface area contributed by atoms with E-state index in [0.29, 0.717) is 24.6 Å². The highest BCUT2D eigenvalue weighted by molar-refractivity contribution is 6.00. The molecule has 1 aliphatic rings. The number of fused-ring (bicyclic) bond motifs is 1. The molecule has 7 heteroatoms. The lowest BCUT2D eigenvalue weighted by molar-refractivity contribution is -0.118. The molecule has 1 N–H and O–H groups in total. The van der Waals surface area contributed by atoms with Gasteiger partial charge in [-0.3, -0.25) is 9.78 Å². The summed E-state index contributed by atoms with van der Waals surface area (Å²) in [5.74, 6) is 0.297. The Morgan fingerprint density at radius 3 is 2.45 bits per heavy atom. The number of carbonyl (C=O) groups excluding carboxylic acids is 1. The van der Waals surface area contributed by atoms with Crippen LogP contribution in [0.2, 0.25) is 0 Å². The molecule has 0 saturated heterocycles. The molecule has 0 aliphatic carbocycles. The van der Waals surface area contributed by atoms with E-state index in [1.807, 2.05) is 47.1 Å². The van der Waals surface area contributed by atoms with E-state index >= 15 is 0 Å². The Labute approximate surface area is 178 Å². The number of hydrogen-bond donors (Lipinski definition) is 1. The van der Waals surface area contributed by atoms with E-state index < -0.39 is 0 Å². The van der Waals surface area contributed by atoms with Crippen molar-refractivity contribution in [1.82, 2.24) is 20.2 Å². The number of pyridine rings is 1. The Kier molecular flexibility index (Phi) is 5.01. The van der Waals surface area contributed by atoms with Crippen LogP contribution in [0.3, 0.4) is 0 Å². The van der Waals surface area contributed by atoms with Gasteiger partial charge in [-0.2, -0.15) is 5.10 Å². The van der Waals surface area contributed by atoms with Crippen molar-refractivity contribution >= 4 is 11.7 Å². The summed E-state index contributed by atoms with van der Waals surface area (Å²) >= 11 is 0. The number of amides is 1. The first-order valence-corrected chi connectivity index (χ1v) is 10.1. The Morgan fingerprint density at radius 1 is 0.968 bits per heavy atom. The van der Waals surface area contributed by atoms with Crippen LogP contribution in [0, 0.1) is 5.82 Å². The molecule has 0 atom stereocenters. The maximum absolute atomic E-state index is 13.5. The maximum atomic E-state index is 13.5. The van der Waals surface area contributed by atoms with Gasteiger partial charge in [0.05, 0.1) is 18.5 Å². The minimum atomic E-state index is -0.306. The molecule has 3 heterocycles. The number of aromatic nitrogens is 3. The molecule has 1 aliphatic heterocycles.